The quantitative estimate of drug-likeness (QED) is 0.330. The van der Waals surface area contributed by atoms with Gasteiger partial charge in [-0.05, 0) is 0 Å². The topological polar surface area (TPSA) is 0 Å². The fourth-order valence-electron chi connectivity index (χ4n) is 5.15. The van der Waals surface area contributed by atoms with E-state index in [9.17, 15) is 0 Å². The Kier molecular flexibility index (Phi) is 5.64. The summed E-state index contributed by atoms with van der Waals surface area (Å²) in [4.78, 5) is 0. The monoisotopic (exact) mass is 460 g/mol. The molecule has 28 heavy (non-hydrogen) atoms. The van der Waals surface area contributed by atoms with Crippen LogP contribution in [0, 0.1) is 0 Å². The van der Waals surface area contributed by atoms with E-state index in [1.165, 1.54) is 27.8 Å². The fourth-order valence-corrected chi connectivity index (χ4v) is 14.5. The van der Waals surface area contributed by atoms with Crippen LogP contribution >= 0.6 is 24.8 Å². The van der Waals surface area contributed by atoms with E-state index in [4.69, 9.17) is 0 Å². The molecule has 0 heterocycles. The minimum atomic E-state index is -2.98. The molecule has 1 atom stereocenters. The Morgan fingerprint density at radius 2 is 1.50 bits per heavy atom. The molecule has 0 saturated heterocycles. The first-order valence-corrected chi connectivity index (χ1v) is 18.3. The molecule has 0 bridgehead atoms. The zero-order valence-electron chi connectivity index (χ0n) is 16.3. The number of fused-ring (bicyclic) bond motifs is 4. The molecule has 0 amide bonds. The molecule has 0 N–H and O–H groups in total. The summed E-state index contributed by atoms with van der Waals surface area (Å²) in [7, 11) is 2.35. The van der Waals surface area contributed by atoms with Gasteiger partial charge >= 0.3 is 159 Å². The van der Waals surface area contributed by atoms with Crippen LogP contribution in [0.4, 0.5) is 0 Å². The summed E-state index contributed by atoms with van der Waals surface area (Å²) in [5, 5.41) is 5.26. The van der Waals surface area contributed by atoms with Gasteiger partial charge in [0.1, 0.15) is 0 Å². The van der Waals surface area contributed by atoms with Crippen molar-refractivity contribution in [1.29, 1.82) is 0 Å². The molecule has 5 rings (SSSR count). The average molecular weight is 461 g/mol. The predicted octanol–water partition coefficient (Wildman–Crippen LogP) is 5.83. The van der Waals surface area contributed by atoms with Crippen LogP contribution < -0.4 is 3.87 Å². The average Bonchev–Trinajstić information content (AvgIpc) is 3.23. The number of hydrogen-bond acceptors (Lipinski definition) is 0. The van der Waals surface area contributed by atoms with E-state index in [-0.39, 0.29) is 24.8 Å². The van der Waals surface area contributed by atoms with Crippen LogP contribution in [-0.4, -0.2) is 7.63 Å². The molecule has 0 spiro atoms. The van der Waals surface area contributed by atoms with E-state index in [1.807, 2.05) is 0 Å². The molecule has 3 aromatic rings. The van der Waals surface area contributed by atoms with Crippen LogP contribution in [0.5, 0.6) is 0 Å². The van der Waals surface area contributed by atoms with E-state index in [2.05, 4.69) is 97.0 Å². The van der Waals surface area contributed by atoms with E-state index in [0.717, 1.165) is 6.42 Å². The van der Waals surface area contributed by atoms with Crippen molar-refractivity contribution >= 4 is 42.4 Å². The molecule has 3 aromatic carbocycles. The van der Waals surface area contributed by atoms with Crippen molar-refractivity contribution in [3.63, 3.8) is 0 Å². The molecule has 4 heteroatoms. The summed E-state index contributed by atoms with van der Waals surface area (Å²) >= 11 is -2.98. The van der Waals surface area contributed by atoms with Crippen molar-refractivity contribution in [2.24, 2.45) is 0 Å². The Labute approximate surface area is 182 Å². The molecule has 0 nitrogen and oxygen atoms in total. The summed E-state index contributed by atoms with van der Waals surface area (Å²) in [6.07, 6.45) is 5.94. The molecule has 0 saturated carbocycles. The van der Waals surface area contributed by atoms with Crippen molar-refractivity contribution in [3.8, 4) is 11.1 Å². The van der Waals surface area contributed by atoms with Crippen molar-refractivity contribution in [1.82, 2.24) is 0 Å². The third-order valence-corrected chi connectivity index (χ3v) is 17.3. The van der Waals surface area contributed by atoms with Crippen molar-refractivity contribution in [3.05, 3.63) is 95.1 Å². The van der Waals surface area contributed by atoms with Gasteiger partial charge in [-0.15, -0.1) is 24.8 Å². The van der Waals surface area contributed by atoms with Crippen molar-refractivity contribution in [2.45, 2.75) is 21.1 Å². The summed E-state index contributed by atoms with van der Waals surface area (Å²) in [6, 6.07) is 25.0. The van der Waals surface area contributed by atoms with E-state index in [0.29, 0.717) is 4.22 Å². The van der Waals surface area contributed by atoms with Crippen LogP contribution in [0.25, 0.3) is 17.2 Å². The van der Waals surface area contributed by atoms with Gasteiger partial charge in [-0.2, -0.15) is 0 Å². The number of hydrogen-bond donors (Lipinski definition) is 0. The van der Waals surface area contributed by atoms with Crippen LogP contribution in [0.2, 0.25) is 10.5 Å². The van der Waals surface area contributed by atoms with Gasteiger partial charge < -0.3 is 0 Å². The molecule has 1 unspecified atom stereocenters. The zero-order valence-corrected chi connectivity index (χ0v) is 20.9. The first-order chi connectivity index (χ1) is 12.4. The number of allylic oxidation sites excluding steroid dienone is 1. The Balaban J connectivity index is 0.00000112. The second-order valence-electron chi connectivity index (χ2n) is 8.94. The molecule has 144 valence electrons. The molecular formula is C24H26Cl2SiTi. The van der Waals surface area contributed by atoms with Gasteiger partial charge in [-0.25, -0.2) is 0 Å². The molecule has 2 aliphatic rings. The van der Waals surface area contributed by atoms with E-state index in [1.54, 1.807) is 9.43 Å². The SMILES string of the molecule is Cl.Cl.[CH3][Ti]([CH3])(=[SiH2])([c]1cccc2c1Cc1ccccc1-2)[CH]1C=Cc2ccccc21. The second-order valence-corrected chi connectivity index (χ2v) is 28.5. The second kappa shape index (κ2) is 7.31. The first kappa shape index (κ1) is 21.6. The Morgan fingerprint density at radius 1 is 0.821 bits per heavy atom. The number of rotatable bonds is 2. The van der Waals surface area contributed by atoms with Crippen LogP contribution in [-0.2, 0) is 20.5 Å². The normalized spacial score (nSPS) is 16.5. The van der Waals surface area contributed by atoms with Crippen LogP contribution in [0.1, 0.15) is 26.5 Å². The third kappa shape index (κ3) is 3.09. The molecule has 0 aliphatic heterocycles. The Morgan fingerprint density at radius 3 is 2.32 bits per heavy atom. The van der Waals surface area contributed by atoms with Gasteiger partial charge in [0.25, 0.3) is 0 Å². The Bertz CT molecular complexity index is 1160. The molecule has 0 radical (unpaired) electrons. The van der Waals surface area contributed by atoms with Gasteiger partial charge in [0, 0.05) is 0 Å². The number of benzene rings is 3. The molecular weight excluding hydrogens is 435 g/mol. The van der Waals surface area contributed by atoms with Gasteiger partial charge in [0.05, 0.1) is 0 Å². The predicted molar refractivity (Wildman–Crippen MR) is 127 cm³/mol. The van der Waals surface area contributed by atoms with Crippen molar-refractivity contribution < 1.29 is 14.0 Å². The van der Waals surface area contributed by atoms with Gasteiger partial charge in [0.15, 0.2) is 0 Å². The standard InChI is InChI=1S/C13H9.C9H7.2CH3.2ClH.H2Si.Ti/c1-3-7-12-10(5-1)9-11-6-2-4-8-13(11)12;1-2-5-9-7-3-6-8(9)4-1;;;;;;/h1-5,7-8H,9H2;1-7H;2*1H3;2*1H;1H2;. The van der Waals surface area contributed by atoms with Gasteiger partial charge in [-0.3, -0.25) is 0 Å². The summed E-state index contributed by atoms with van der Waals surface area (Å²) < 4.78 is 2.26. The first-order valence-electron chi connectivity index (χ1n) is 9.49. The fraction of sp³-hybridized carbons (Fsp3) is 0.167. The van der Waals surface area contributed by atoms with Gasteiger partial charge in [-0.1, -0.05) is 0 Å². The van der Waals surface area contributed by atoms with E-state index < -0.39 is 14.0 Å². The molecule has 0 fully saturated rings. The third-order valence-electron chi connectivity index (χ3n) is 6.53. The summed E-state index contributed by atoms with van der Waals surface area (Å²) in [5.74, 6) is 0. The maximum atomic E-state index is 2.63. The maximum absolute atomic E-state index is 2.98. The molecule has 0 aromatic heterocycles. The molecule has 2 aliphatic carbocycles. The van der Waals surface area contributed by atoms with Crippen LogP contribution in [0.3, 0.4) is 0 Å². The van der Waals surface area contributed by atoms with Crippen LogP contribution in [0.15, 0.2) is 72.8 Å². The van der Waals surface area contributed by atoms with Gasteiger partial charge in [0.2, 0.25) is 0 Å². The van der Waals surface area contributed by atoms with E-state index >= 15 is 0 Å². The number of halogens is 2. The Hall–Kier alpha value is -1.09. The summed E-state index contributed by atoms with van der Waals surface area (Å²) in [6.45, 7) is 0. The minimum absolute atomic E-state index is 0. The summed E-state index contributed by atoms with van der Waals surface area (Å²) in [5.41, 5.74) is 8.96. The van der Waals surface area contributed by atoms with Crippen molar-refractivity contribution in [2.75, 3.05) is 0 Å². The zero-order chi connectivity index (χ0) is 18.0.